The summed E-state index contributed by atoms with van der Waals surface area (Å²) in [6, 6.07) is 3.06. The number of unbranched alkanes of at least 4 members (excludes halogenated alkanes) is 1. The Labute approximate surface area is 179 Å². The molecule has 0 aromatic heterocycles. The van der Waals surface area contributed by atoms with E-state index in [0.29, 0.717) is 31.5 Å². The van der Waals surface area contributed by atoms with E-state index in [2.05, 4.69) is 6.92 Å². The number of hydrogen-bond donors (Lipinski definition) is 0. The van der Waals surface area contributed by atoms with Crippen LogP contribution in [0.25, 0.3) is 0 Å². The molecule has 1 saturated carbocycles. The van der Waals surface area contributed by atoms with Crippen molar-refractivity contribution in [3.05, 3.63) is 29.1 Å². The first-order valence-electron chi connectivity index (χ1n) is 11.9. The minimum Gasteiger partial charge on any atom is -0.491 e. The van der Waals surface area contributed by atoms with Crippen LogP contribution < -0.4 is 4.74 Å². The van der Waals surface area contributed by atoms with E-state index in [9.17, 15) is 13.2 Å². The van der Waals surface area contributed by atoms with Crippen molar-refractivity contribution in [2.45, 2.75) is 90.6 Å². The molecule has 1 aromatic rings. The third kappa shape index (κ3) is 5.72. The number of alkyl halides is 2. The lowest BCUT2D eigenvalue weighted by molar-refractivity contribution is -0.0421. The first kappa shape index (κ1) is 23.4. The number of rotatable bonds is 9. The van der Waals surface area contributed by atoms with Crippen LogP contribution >= 0.6 is 0 Å². The molecule has 30 heavy (non-hydrogen) atoms. The lowest BCUT2D eigenvalue weighted by Gasteiger charge is -2.38. The molecule has 1 aliphatic heterocycles. The molecular formula is C25H37F3O2. The van der Waals surface area contributed by atoms with Gasteiger partial charge in [0.25, 0.3) is 6.43 Å². The van der Waals surface area contributed by atoms with Gasteiger partial charge in [0.1, 0.15) is 0 Å². The highest BCUT2D eigenvalue weighted by atomic mass is 19.3. The molecule has 0 amide bonds. The van der Waals surface area contributed by atoms with Gasteiger partial charge in [-0.2, -0.15) is 0 Å². The van der Waals surface area contributed by atoms with Gasteiger partial charge in [0.15, 0.2) is 11.6 Å². The van der Waals surface area contributed by atoms with Gasteiger partial charge in [-0.3, -0.25) is 0 Å². The van der Waals surface area contributed by atoms with Crippen molar-refractivity contribution in [2.24, 2.45) is 17.8 Å². The van der Waals surface area contributed by atoms with Crippen molar-refractivity contribution in [1.29, 1.82) is 0 Å². The van der Waals surface area contributed by atoms with Gasteiger partial charge >= 0.3 is 0 Å². The van der Waals surface area contributed by atoms with E-state index in [1.54, 1.807) is 6.07 Å². The average molecular weight is 427 g/mol. The van der Waals surface area contributed by atoms with Crippen LogP contribution in [-0.4, -0.2) is 13.2 Å². The van der Waals surface area contributed by atoms with Gasteiger partial charge in [-0.15, -0.1) is 0 Å². The number of ether oxygens (including phenoxy) is 2. The van der Waals surface area contributed by atoms with Crippen molar-refractivity contribution in [2.75, 3.05) is 13.2 Å². The zero-order valence-corrected chi connectivity index (χ0v) is 18.5. The van der Waals surface area contributed by atoms with Crippen LogP contribution in [0.4, 0.5) is 13.2 Å². The van der Waals surface area contributed by atoms with Crippen LogP contribution in [0.5, 0.6) is 5.75 Å². The van der Waals surface area contributed by atoms with Gasteiger partial charge in [-0.1, -0.05) is 52.0 Å². The summed E-state index contributed by atoms with van der Waals surface area (Å²) < 4.78 is 53.7. The summed E-state index contributed by atoms with van der Waals surface area (Å²) in [5.74, 6) is 1.04. The Morgan fingerprint density at radius 1 is 1.00 bits per heavy atom. The van der Waals surface area contributed by atoms with Crippen LogP contribution in [-0.2, 0) is 4.74 Å². The van der Waals surface area contributed by atoms with E-state index in [0.717, 1.165) is 25.2 Å². The fourth-order valence-electron chi connectivity index (χ4n) is 5.27. The van der Waals surface area contributed by atoms with Crippen molar-refractivity contribution in [1.82, 2.24) is 0 Å². The van der Waals surface area contributed by atoms with Gasteiger partial charge in [0.05, 0.1) is 24.9 Å². The molecule has 1 heterocycles. The summed E-state index contributed by atoms with van der Waals surface area (Å²) in [6.07, 6.45) is 7.67. The van der Waals surface area contributed by atoms with E-state index in [4.69, 9.17) is 9.47 Å². The van der Waals surface area contributed by atoms with Crippen LogP contribution in [0.2, 0.25) is 0 Å². The molecule has 2 aliphatic rings. The van der Waals surface area contributed by atoms with Gasteiger partial charge in [-0.05, 0) is 61.5 Å². The maximum atomic E-state index is 14.8. The Morgan fingerprint density at radius 2 is 1.73 bits per heavy atom. The SMILES string of the molecule is CCCCOc1ccc(C2CCC(C3CCC(CCC)CC3)CO2)c(C(F)F)c1F. The zero-order valence-electron chi connectivity index (χ0n) is 18.5. The Hall–Kier alpha value is -1.23. The molecule has 0 bridgehead atoms. The van der Waals surface area contributed by atoms with E-state index < -0.39 is 23.9 Å². The predicted molar refractivity (Wildman–Crippen MR) is 114 cm³/mol. The molecule has 0 N–H and O–H groups in total. The normalized spacial score (nSPS) is 27.4. The second-order valence-corrected chi connectivity index (χ2v) is 9.11. The average Bonchev–Trinajstić information content (AvgIpc) is 2.75. The highest BCUT2D eigenvalue weighted by molar-refractivity contribution is 5.40. The van der Waals surface area contributed by atoms with Crippen LogP contribution in [0.1, 0.15) is 102 Å². The van der Waals surface area contributed by atoms with E-state index in [1.165, 1.54) is 44.6 Å². The van der Waals surface area contributed by atoms with Crippen LogP contribution in [0.3, 0.4) is 0 Å². The molecule has 170 valence electrons. The standard InChI is InChI=1S/C25H37F3O2/c1-3-5-15-29-22-14-12-20(23(24(22)26)25(27)28)21-13-11-19(16-30-21)18-9-7-17(6-4-2)8-10-18/h12,14,17-19,21,25H,3-11,13,15-16H2,1-2H3. The van der Waals surface area contributed by atoms with E-state index in [1.807, 2.05) is 6.92 Å². The molecule has 2 nitrogen and oxygen atoms in total. The fraction of sp³-hybridized carbons (Fsp3) is 0.760. The van der Waals surface area contributed by atoms with Crippen molar-refractivity contribution in [3.63, 3.8) is 0 Å². The number of hydrogen-bond acceptors (Lipinski definition) is 2. The Balaban J connectivity index is 1.61. The molecular weight excluding hydrogens is 389 g/mol. The summed E-state index contributed by atoms with van der Waals surface area (Å²) in [6.45, 7) is 5.17. The maximum absolute atomic E-state index is 14.8. The minimum atomic E-state index is -2.88. The Kier molecular flexibility index (Phi) is 8.91. The van der Waals surface area contributed by atoms with Crippen molar-refractivity contribution < 1.29 is 22.6 Å². The van der Waals surface area contributed by atoms with Crippen LogP contribution in [0.15, 0.2) is 12.1 Å². The second kappa shape index (κ2) is 11.4. The van der Waals surface area contributed by atoms with Crippen LogP contribution in [0, 0.1) is 23.6 Å². The Bertz CT molecular complexity index is 648. The largest absolute Gasteiger partial charge is 0.491 e. The maximum Gasteiger partial charge on any atom is 0.267 e. The molecule has 1 saturated heterocycles. The summed E-state index contributed by atoms with van der Waals surface area (Å²) in [5.41, 5.74) is -0.261. The first-order valence-corrected chi connectivity index (χ1v) is 11.9. The summed E-state index contributed by atoms with van der Waals surface area (Å²) in [5, 5.41) is 0. The van der Waals surface area contributed by atoms with E-state index >= 15 is 0 Å². The first-order chi connectivity index (χ1) is 14.5. The third-order valence-electron chi connectivity index (χ3n) is 7.06. The van der Waals surface area contributed by atoms with Crippen molar-refractivity contribution in [3.8, 4) is 5.75 Å². The molecule has 0 spiro atoms. The summed E-state index contributed by atoms with van der Waals surface area (Å²) in [4.78, 5) is 0. The summed E-state index contributed by atoms with van der Waals surface area (Å²) in [7, 11) is 0. The molecule has 3 rings (SSSR count). The minimum absolute atomic E-state index is 0.0833. The molecule has 2 fully saturated rings. The summed E-state index contributed by atoms with van der Waals surface area (Å²) >= 11 is 0. The molecule has 0 radical (unpaired) electrons. The highest BCUT2D eigenvalue weighted by Gasteiger charge is 2.34. The molecule has 2 atom stereocenters. The van der Waals surface area contributed by atoms with Gasteiger partial charge in [-0.25, -0.2) is 13.2 Å². The van der Waals surface area contributed by atoms with E-state index in [-0.39, 0.29) is 11.3 Å². The third-order valence-corrected chi connectivity index (χ3v) is 7.06. The zero-order chi connectivity index (χ0) is 21.5. The monoisotopic (exact) mass is 426 g/mol. The quantitative estimate of drug-likeness (QED) is 0.372. The molecule has 1 aliphatic carbocycles. The smallest absolute Gasteiger partial charge is 0.267 e. The lowest BCUT2D eigenvalue weighted by atomic mass is 9.72. The Morgan fingerprint density at radius 3 is 2.33 bits per heavy atom. The fourth-order valence-corrected chi connectivity index (χ4v) is 5.27. The number of benzene rings is 1. The van der Waals surface area contributed by atoms with Gasteiger partial charge in [0.2, 0.25) is 0 Å². The number of halogens is 3. The second-order valence-electron chi connectivity index (χ2n) is 9.11. The lowest BCUT2D eigenvalue weighted by Crippen LogP contribution is -2.30. The molecule has 1 aromatic carbocycles. The van der Waals surface area contributed by atoms with Crippen molar-refractivity contribution >= 4 is 0 Å². The van der Waals surface area contributed by atoms with Gasteiger partial charge in [0, 0.05) is 0 Å². The topological polar surface area (TPSA) is 18.5 Å². The molecule has 2 unspecified atom stereocenters. The predicted octanol–water partition coefficient (Wildman–Crippen LogP) is 8.02. The highest BCUT2D eigenvalue weighted by Crippen LogP contribution is 2.44. The molecule has 5 heteroatoms. The van der Waals surface area contributed by atoms with Gasteiger partial charge < -0.3 is 9.47 Å².